The third-order valence-corrected chi connectivity index (χ3v) is 5.83. The molecule has 11 nitrogen and oxygen atoms in total. The summed E-state index contributed by atoms with van der Waals surface area (Å²) in [5.74, 6) is 1.59. The fourth-order valence-corrected chi connectivity index (χ4v) is 3.97. The van der Waals surface area contributed by atoms with Crippen LogP contribution in [0.25, 0.3) is 22.1 Å². The fraction of sp³-hybridized carbons (Fsp3) is 0.348. The number of ether oxygens (including phenoxy) is 5. The van der Waals surface area contributed by atoms with Crippen LogP contribution >= 0.6 is 0 Å². The SMILES string of the molecule is COc1cc2c(cc1-c1coc3cc(OC4OC(CO)C(O)C(O)C4O)ccc3c1=O)OCO2. The van der Waals surface area contributed by atoms with E-state index in [-0.39, 0.29) is 34.5 Å². The first-order valence-electron chi connectivity index (χ1n) is 10.4. The maximum absolute atomic E-state index is 13.2. The molecule has 5 unspecified atom stereocenters. The van der Waals surface area contributed by atoms with Crippen LogP contribution in [0.5, 0.6) is 23.0 Å². The molecule has 1 saturated heterocycles. The molecular weight excluding hydrogens is 452 g/mol. The van der Waals surface area contributed by atoms with Gasteiger partial charge in [0.25, 0.3) is 0 Å². The highest BCUT2D eigenvalue weighted by Gasteiger charge is 2.44. The molecule has 1 fully saturated rings. The minimum absolute atomic E-state index is 0.0749. The normalized spacial score (nSPS) is 26.0. The zero-order valence-electron chi connectivity index (χ0n) is 17.9. The van der Waals surface area contributed by atoms with Crippen LogP contribution in [0, 0.1) is 0 Å². The summed E-state index contributed by atoms with van der Waals surface area (Å²) in [6, 6.07) is 7.68. The molecule has 3 aromatic rings. The maximum atomic E-state index is 13.2. The number of aliphatic hydroxyl groups excluding tert-OH is 4. The van der Waals surface area contributed by atoms with Gasteiger partial charge in [0.1, 0.15) is 47.8 Å². The Morgan fingerprint density at radius 2 is 1.76 bits per heavy atom. The monoisotopic (exact) mass is 474 g/mol. The summed E-state index contributed by atoms with van der Waals surface area (Å²) < 4.78 is 32.8. The van der Waals surface area contributed by atoms with E-state index in [0.717, 1.165) is 0 Å². The minimum Gasteiger partial charge on any atom is -0.496 e. The Labute approximate surface area is 192 Å². The second-order valence-electron chi connectivity index (χ2n) is 7.86. The van der Waals surface area contributed by atoms with E-state index in [2.05, 4.69) is 0 Å². The Bertz CT molecular complexity index is 1270. The van der Waals surface area contributed by atoms with Gasteiger partial charge < -0.3 is 48.5 Å². The van der Waals surface area contributed by atoms with Crippen molar-refractivity contribution >= 4 is 11.0 Å². The summed E-state index contributed by atoms with van der Waals surface area (Å²) in [7, 11) is 1.48. The topological polar surface area (TPSA) is 157 Å². The predicted molar refractivity (Wildman–Crippen MR) is 115 cm³/mol. The van der Waals surface area contributed by atoms with Crippen molar-refractivity contribution in [1.82, 2.24) is 0 Å². The molecule has 0 bridgehead atoms. The van der Waals surface area contributed by atoms with Gasteiger partial charge in [-0.3, -0.25) is 4.79 Å². The van der Waals surface area contributed by atoms with E-state index in [1.54, 1.807) is 12.1 Å². The largest absolute Gasteiger partial charge is 0.496 e. The molecule has 2 aliphatic rings. The molecule has 0 amide bonds. The Kier molecular flexibility index (Phi) is 5.80. The first-order chi connectivity index (χ1) is 16.4. The molecule has 34 heavy (non-hydrogen) atoms. The molecule has 0 spiro atoms. The van der Waals surface area contributed by atoms with Crippen molar-refractivity contribution in [3.63, 3.8) is 0 Å². The van der Waals surface area contributed by atoms with Gasteiger partial charge in [-0.05, 0) is 18.2 Å². The van der Waals surface area contributed by atoms with E-state index < -0.39 is 37.3 Å². The maximum Gasteiger partial charge on any atom is 0.231 e. The van der Waals surface area contributed by atoms with Crippen LogP contribution in [0.4, 0.5) is 0 Å². The van der Waals surface area contributed by atoms with E-state index in [0.29, 0.717) is 22.8 Å². The third kappa shape index (κ3) is 3.73. The molecule has 2 aliphatic heterocycles. The average Bonchev–Trinajstić information content (AvgIpc) is 3.31. The summed E-state index contributed by atoms with van der Waals surface area (Å²) in [5, 5.41) is 39.6. The van der Waals surface area contributed by atoms with Crippen LogP contribution in [0.1, 0.15) is 0 Å². The predicted octanol–water partition coefficient (Wildman–Crippen LogP) is 0.376. The molecule has 3 heterocycles. The number of aliphatic hydroxyl groups is 4. The lowest BCUT2D eigenvalue weighted by molar-refractivity contribution is -0.277. The summed E-state index contributed by atoms with van der Waals surface area (Å²) in [6.07, 6.45) is -5.82. The summed E-state index contributed by atoms with van der Waals surface area (Å²) in [4.78, 5) is 13.2. The van der Waals surface area contributed by atoms with E-state index in [1.807, 2.05) is 0 Å². The van der Waals surface area contributed by atoms with Gasteiger partial charge >= 0.3 is 0 Å². The van der Waals surface area contributed by atoms with Crippen molar-refractivity contribution in [1.29, 1.82) is 0 Å². The number of methoxy groups -OCH3 is 1. The summed E-state index contributed by atoms with van der Waals surface area (Å²) in [5.41, 5.74) is 0.614. The molecule has 5 atom stereocenters. The molecule has 180 valence electrons. The highest BCUT2D eigenvalue weighted by atomic mass is 16.7. The minimum atomic E-state index is -1.58. The van der Waals surface area contributed by atoms with Crippen molar-refractivity contribution in [2.75, 3.05) is 20.5 Å². The van der Waals surface area contributed by atoms with Gasteiger partial charge in [-0.2, -0.15) is 0 Å². The van der Waals surface area contributed by atoms with Crippen molar-refractivity contribution in [2.24, 2.45) is 0 Å². The number of benzene rings is 2. The van der Waals surface area contributed by atoms with Crippen molar-refractivity contribution in [3.8, 4) is 34.1 Å². The molecule has 2 aromatic carbocycles. The van der Waals surface area contributed by atoms with Gasteiger partial charge in [0.15, 0.2) is 11.5 Å². The number of rotatable bonds is 5. The Balaban J connectivity index is 1.46. The van der Waals surface area contributed by atoms with Crippen molar-refractivity contribution < 1.29 is 48.5 Å². The van der Waals surface area contributed by atoms with Gasteiger partial charge in [0, 0.05) is 17.7 Å². The van der Waals surface area contributed by atoms with Crippen molar-refractivity contribution in [2.45, 2.75) is 30.7 Å². The lowest BCUT2D eigenvalue weighted by Gasteiger charge is -2.39. The zero-order chi connectivity index (χ0) is 24.0. The number of fused-ring (bicyclic) bond motifs is 2. The van der Waals surface area contributed by atoms with E-state index in [1.165, 1.54) is 31.6 Å². The summed E-state index contributed by atoms with van der Waals surface area (Å²) >= 11 is 0. The molecule has 1 aromatic heterocycles. The first-order valence-corrected chi connectivity index (χ1v) is 10.4. The van der Waals surface area contributed by atoms with Crippen LogP contribution in [0.15, 0.2) is 45.8 Å². The second kappa shape index (κ2) is 8.78. The summed E-state index contributed by atoms with van der Waals surface area (Å²) in [6.45, 7) is -0.505. The van der Waals surface area contributed by atoms with Crippen LogP contribution in [0.3, 0.4) is 0 Å². The smallest absolute Gasteiger partial charge is 0.231 e. The molecule has 4 N–H and O–H groups in total. The third-order valence-electron chi connectivity index (χ3n) is 5.83. The van der Waals surface area contributed by atoms with Crippen LogP contribution in [0.2, 0.25) is 0 Å². The van der Waals surface area contributed by atoms with E-state index >= 15 is 0 Å². The number of hydrogen-bond acceptors (Lipinski definition) is 11. The average molecular weight is 474 g/mol. The van der Waals surface area contributed by atoms with Gasteiger partial charge in [0.2, 0.25) is 18.5 Å². The Morgan fingerprint density at radius 3 is 2.50 bits per heavy atom. The molecule has 0 aliphatic carbocycles. The van der Waals surface area contributed by atoms with E-state index in [9.17, 15) is 25.2 Å². The second-order valence-corrected chi connectivity index (χ2v) is 7.86. The molecule has 5 rings (SSSR count). The van der Waals surface area contributed by atoms with Crippen LogP contribution in [-0.2, 0) is 4.74 Å². The first kappa shape index (κ1) is 22.4. The van der Waals surface area contributed by atoms with Gasteiger partial charge in [-0.15, -0.1) is 0 Å². The highest BCUT2D eigenvalue weighted by molar-refractivity contribution is 5.84. The Hall–Kier alpha value is -3.35. The zero-order valence-corrected chi connectivity index (χ0v) is 17.9. The molecule has 11 heteroatoms. The van der Waals surface area contributed by atoms with Crippen LogP contribution in [-0.4, -0.2) is 71.6 Å². The van der Waals surface area contributed by atoms with Crippen molar-refractivity contribution in [3.05, 3.63) is 46.8 Å². The van der Waals surface area contributed by atoms with Gasteiger partial charge in [-0.25, -0.2) is 0 Å². The Morgan fingerprint density at radius 1 is 1.00 bits per heavy atom. The van der Waals surface area contributed by atoms with E-state index in [4.69, 9.17) is 28.1 Å². The van der Waals surface area contributed by atoms with Crippen LogP contribution < -0.4 is 24.4 Å². The van der Waals surface area contributed by atoms with Gasteiger partial charge in [0.05, 0.1) is 24.7 Å². The molecule has 0 saturated carbocycles. The lowest BCUT2D eigenvalue weighted by atomic mass is 9.99. The highest BCUT2D eigenvalue weighted by Crippen LogP contribution is 2.42. The van der Waals surface area contributed by atoms with Gasteiger partial charge in [-0.1, -0.05) is 0 Å². The quantitative estimate of drug-likeness (QED) is 0.405. The fourth-order valence-electron chi connectivity index (χ4n) is 3.97. The molecule has 0 radical (unpaired) electrons. The standard InChI is InChI=1S/C23H22O11/c1-29-14-6-17-16(31-9-32-17)5-12(14)13-8-30-15-4-10(2-3-11(15)19(13)25)33-23-22(28)21(27)20(26)18(7-24)34-23/h2-6,8,18,20-24,26-28H,7,9H2,1H3. The lowest BCUT2D eigenvalue weighted by Crippen LogP contribution is -2.60. The molecular formula is C23H22O11. The number of hydrogen-bond donors (Lipinski definition) is 4.